The molecule has 4 aliphatic rings. The Morgan fingerprint density at radius 2 is 1.66 bits per heavy atom. The second-order valence-corrected chi connectivity index (χ2v) is 12.7. The number of nitrogens with one attached hydrogen (secondary N) is 1. The van der Waals surface area contributed by atoms with Crippen LogP contribution in [0, 0.1) is 23.2 Å². The largest absolute Gasteiger partial charge is 0.360 e. The van der Waals surface area contributed by atoms with Crippen molar-refractivity contribution in [1.82, 2.24) is 15.1 Å². The van der Waals surface area contributed by atoms with E-state index in [2.05, 4.69) is 35.9 Å². The molecule has 0 aromatic carbocycles. The molecule has 2 aliphatic carbocycles. The number of hydrogen-bond donors (Lipinski definition) is 1. The van der Waals surface area contributed by atoms with E-state index in [0.717, 1.165) is 37.8 Å². The lowest BCUT2D eigenvalue weighted by atomic mass is 9.70. The molecule has 0 spiro atoms. The topological polar surface area (TPSA) is 47.9 Å². The first-order chi connectivity index (χ1) is 17.0. The lowest BCUT2D eigenvalue weighted by Crippen LogP contribution is -2.46. The fourth-order valence-electron chi connectivity index (χ4n) is 7.01. The van der Waals surface area contributed by atoms with E-state index in [9.17, 15) is 4.79 Å². The van der Waals surface area contributed by atoms with Gasteiger partial charge in [0, 0.05) is 31.6 Å². The molecule has 0 aromatic rings. The van der Waals surface area contributed by atoms with Gasteiger partial charge in [0.25, 0.3) is 0 Å². The van der Waals surface area contributed by atoms with E-state index in [0.29, 0.717) is 23.9 Å². The Morgan fingerprint density at radius 1 is 0.971 bits per heavy atom. The Hall–Kier alpha value is -1.10. The number of aliphatic imine (C=N–C) groups is 1. The third-order valence-corrected chi connectivity index (χ3v) is 9.90. The molecule has 1 atom stereocenters. The zero-order valence-electron chi connectivity index (χ0n) is 23.2. The number of nitrogens with zero attached hydrogens (tertiary/aromatic N) is 3. The van der Waals surface area contributed by atoms with Crippen molar-refractivity contribution in [3.05, 3.63) is 0 Å². The van der Waals surface area contributed by atoms with Gasteiger partial charge in [0.2, 0.25) is 5.91 Å². The quantitative estimate of drug-likeness (QED) is 0.310. The van der Waals surface area contributed by atoms with Gasteiger partial charge in [0.1, 0.15) is 12.4 Å². The zero-order chi connectivity index (χ0) is 24.7. The third-order valence-electron chi connectivity index (χ3n) is 9.90. The van der Waals surface area contributed by atoms with Crippen LogP contribution in [-0.4, -0.2) is 66.9 Å². The van der Waals surface area contributed by atoms with Gasteiger partial charge in [-0.05, 0) is 88.1 Å². The summed E-state index contributed by atoms with van der Waals surface area (Å²) in [6.45, 7) is 13.7. The molecular weight excluding hydrogens is 432 g/mol. The first kappa shape index (κ1) is 26.9. The van der Waals surface area contributed by atoms with Gasteiger partial charge in [-0.15, -0.1) is 0 Å². The second-order valence-electron chi connectivity index (χ2n) is 12.7. The minimum atomic E-state index is 0.131. The van der Waals surface area contributed by atoms with E-state index in [1.165, 1.54) is 103 Å². The number of hydrogen-bond acceptors (Lipinski definition) is 3. The Balaban J connectivity index is 1.20. The molecule has 1 unspecified atom stereocenters. The Kier molecular flexibility index (Phi) is 9.95. The average molecular weight is 487 g/mol. The molecule has 4 rings (SSSR count). The molecule has 1 amide bonds. The van der Waals surface area contributed by atoms with Crippen LogP contribution in [0.5, 0.6) is 0 Å². The standard InChI is InChI=1S/C30H54N4O/c1-4-24(3)21-30(5-2)15-19-33(20-16-30)23-25-13-17-34(18-14-25)29(26-11-12-26)31-22-28(35)32-27-9-7-6-8-10-27/h24-27H,4-23H2,1-3H3,(H,32,35). The molecule has 200 valence electrons. The molecule has 2 saturated heterocycles. The lowest BCUT2D eigenvalue weighted by molar-refractivity contribution is -0.120. The summed E-state index contributed by atoms with van der Waals surface area (Å²) in [5.41, 5.74) is 0.605. The van der Waals surface area contributed by atoms with Gasteiger partial charge in [-0.3, -0.25) is 9.79 Å². The molecule has 1 N–H and O–H groups in total. The van der Waals surface area contributed by atoms with Gasteiger partial charge in [0.15, 0.2) is 0 Å². The molecule has 5 nitrogen and oxygen atoms in total. The van der Waals surface area contributed by atoms with E-state index >= 15 is 0 Å². The average Bonchev–Trinajstić information content (AvgIpc) is 3.72. The van der Waals surface area contributed by atoms with Crippen LogP contribution in [0.25, 0.3) is 0 Å². The summed E-state index contributed by atoms with van der Waals surface area (Å²) in [4.78, 5) is 22.7. The third kappa shape index (κ3) is 7.94. The molecule has 35 heavy (non-hydrogen) atoms. The number of likely N-dealkylation sites (tertiary alicyclic amines) is 2. The van der Waals surface area contributed by atoms with Gasteiger partial charge < -0.3 is 15.1 Å². The van der Waals surface area contributed by atoms with Crippen LogP contribution >= 0.6 is 0 Å². The van der Waals surface area contributed by atoms with E-state index < -0.39 is 0 Å². The molecule has 2 heterocycles. The highest BCUT2D eigenvalue weighted by molar-refractivity contribution is 5.89. The van der Waals surface area contributed by atoms with Crippen molar-refractivity contribution in [2.75, 3.05) is 39.3 Å². The molecule has 2 aliphatic heterocycles. The Bertz CT molecular complexity index is 680. The van der Waals surface area contributed by atoms with Gasteiger partial charge in [-0.25, -0.2) is 0 Å². The van der Waals surface area contributed by atoms with Crippen molar-refractivity contribution < 1.29 is 4.79 Å². The first-order valence-electron chi connectivity index (χ1n) is 15.3. The van der Waals surface area contributed by atoms with Crippen molar-refractivity contribution in [2.45, 2.75) is 117 Å². The monoisotopic (exact) mass is 486 g/mol. The Morgan fingerprint density at radius 3 is 2.26 bits per heavy atom. The van der Waals surface area contributed by atoms with E-state index in [-0.39, 0.29) is 5.91 Å². The van der Waals surface area contributed by atoms with E-state index in [1.54, 1.807) is 0 Å². The number of carbonyl (C=O) groups excluding carboxylic acids is 1. The van der Waals surface area contributed by atoms with E-state index in [4.69, 9.17) is 4.99 Å². The number of amides is 1. The van der Waals surface area contributed by atoms with Crippen molar-refractivity contribution in [1.29, 1.82) is 0 Å². The van der Waals surface area contributed by atoms with Gasteiger partial charge >= 0.3 is 0 Å². The maximum atomic E-state index is 12.5. The highest BCUT2D eigenvalue weighted by Crippen LogP contribution is 2.41. The number of rotatable bonds is 10. The summed E-state index contributed by atoms with van der Waals surface area (Å²) in [7, 11) is 0. The molecule has 0 aromatic heterocycles. The summed E-state index contributed by atoms with van der Waals surface area (Å²) in [5, 5.41) is 3.24. The highest BCUT2D eigenvalue weighted by Gasteiger charge is 2.36. The van der Waals surface area contributed by atoms with Crippen LogP contribution in [0.3, 0.4) is 0 Å². The maximum absolute atomic E-state index is 12.5. The molecule has 4 fully saturated rings. The van der Waals surface area contributed by atoms with Crippen LogP contribution in [0.4, 0.5) is 0 Å². The summed E-state index contributed by atoms with van der Waals surface area (Å²) < 4.78 is 0. The second kappa shape index (κ2) is 12.9. The summed E-state index contributed by atoms with van der Waals surface area (Å²) in [5.74, 6) is 3.68. The van der Waals surface area contributed by atoms with Gasteiger partial charge in [-0.1, -0.05) is 52.9 Å². The number of carbonyl (C=O) groups is 1. The highest BCUT2D eigenvalue weighted by atomic mass is 16.1. The number of piperidine rings is 2. The Labute approximate surface area is 215 Å². The van der Waals surface area contributed by atoms with Crippen molar-refractivity contribution in [3.63, 3.8) is 0 Å². The van der Waals surface area contributed by atoms with Crippen molar-refractivity contribution >= 4 is 11.7 Å². The molecule has 5 heteroatoms. The number of amidine groups is 1. The zero-order valence-corrected chi connectivity index (χ0v) is 23.2. The van der Waals surface area contributed by atoms with Gasteiger partial charge in [0.05, 0.1) is 0 Å². The first-order valence-corrected chi connectivity index (χ1v) is 15.3. The maximum Gasteiger partial charge on any atom is 0.241 e. The van der Waals surface area contributed by atoms with Crippen LogP contribution in [0.1, 0.15) is 111 Å². The van der Waals surface area contributed by atoms with Crippen LogP contribution in [0.15, 0.2) is 4.99 Å². The van der Waals surface area contributed by atoms with Gasteiger partial charge in [-0.2, -0.15) is 0 Å². The summed E-state index contributed by atoms with van der Waals surface area (Å²) in [6.07, 6.45) is 18.1. The van der Waals surface area contributed by atoms with Crippen LogP contribution in [-0.2, 0) is 4.79 Å². The van der Waals surface area contributed by atoms with Crippen LogP contribution < -0.4 is 5.32 Å². The smallest absolute Gasteiger partial charge is 0.241 e. The van der Waals surface area contributed by atoms with E-state index in [1.807, 2.05) is 0 Å². The minimum Gasteiger partial charge on any atom is -0.360 e. The fourth-order valence-corrected chi connectivity index (χ4v) is 7.01. The predicted octanol–water partition coefficient (Wildman–Crippen LogP) is 5.88. The molecule has 0 radical (unpaired) electrons. The fraction of sp³-hybridized carbons (Fsp3) is 0.933. The molecular formula is C30H54N4O. The lowest BCUT2D eigenvalue weighted by Gasteiger charge is -2.44. The molecule has 2 saturated carbocycles. The SMILES string of the molecule is CCC(C)CC1(CC)CCN(CC2CCN(C(=NCC(=O)NC3CCCCC3)C3CC3)CC2)CC1. The minimum absolute atomic E-state index is 0.131. The predicted molar refractivity (Wildman–Crippen MR) is 147 cm³/mol. The summed E-state index contributed by atoms with van der Waals surface area (Å²) in [6, 6.07) is 0.388. The normalized spacial score (nSPS) is 26.0. The van der Waals surface area contributed by atoms with Crippen molar-refractivity contribution in [2.24, 2.45) is 28.2 Å². The van der Waals surface area contributed by atoms with Crippen molar-refractivity contribution in [3.8, 4) is 0 Å². The summed E-state index contributed by atoms with van der Waals surface area (Å²) >= 11 is 0. The molecule has 0 bridgehead atoms. The van der Waals surface area contributed by atoms with Crippen LogP contribution in [0.2, 0.25) is 0 Å².